The maximum atomic E-state index is 5.25. The summed E-state index contributed by atoms with van der Waals surface area (Å²) < 4.78 is 8.46. The third kappa shape index (κ3) is 3.58. The number of hydrogen-bond donors (Lipinski definition) is 0. The van der Waals surface area contributed by atoms with Crippen LogP contribution in [0.15, 0.2) is 4.47 Å². The van der Waals surface area contributed by atoms with Crippen LogP contribution in [0.2, 0.25) is 0 Å². The molecule has 108 valence electrons. The van der Waals surface area contributed by atoms with Crippen molar-refractivity contribution in [3.05, 3.63) is 15.9 Å². The van der Waals surface area contributed by atoms with Gasteiger partial charge < -0.3 is 4.74 Å². The lowest BCUT2D eigenvalue weighted by atomic mass is 9.98. The van der Waals surface area contributed by atoms with E-state index in [0.717, 1.165) is 44.3 Å². The summed E-state index contributed by atoms with van der Waals surface area (Å²) in [5.41, 5.74) is 2.45. The summed E-state index contributed by atoms with van der Waals surface area (Å²) in [6.45, 7) is 6.36. The molecule has 0 aliphatic carbocycles. The summed E-state index contributed by atoms with van der Waals surface area (Å²) in [6.07, 6.45) is 3.46. The SMILES string of the molecule is CCc1nn(C)c(CN2CCC(COC)CC2)c1Br. The molecule has 0 spiro atoms. The maximum absolute atomic E-state index is 5.25. The van der Waals surface area contributed by atoms with Crippen molar-refractivity contribution in [2.45, 2.75) is 32.7 Å². The largest absolute Gasteiger partial charge is 0.384 e. The molecule has 0 amide bonds. The molecule has 0 bridgehead atoms. The van der Waals surface area contributed by atoms with Gasteiger partial charge in [0.25, 0.3) is 0 Å². The van der Waals surface area contributed by atoms with E-state index >= 15 is 0 Å². The first-order chi connectivity index (χ1) is 9.15. The number of aryl methyl sites for hydroxylation is 2. The number of aromatic nitrogens is 2. The van der Waals surface area contributed by atoms with Crippen LogP contribution < -0.4 is 0 Å². The van der Waals surface area contributed by atoms with Crippen molar-refractivity contribution in [3.63, 3.8) is 0 Å². The Morgan fingerprint density at radius 3 is 2.58 bits per heavy atom. The van der Waals surface area contributed by atoms with Gasteiger partial charge in [0.2, 0.25) is 0 Å². The van der Waals surface area contributed by atoms with Gasteiger partial charge in [0.15, 0.2) is 0 Å². The quantitative estimate of drug-likeness (QED) is 0.831. The zero-order valence-corrected chi connectivity index (χ0v) is 13.7. The Morgan fingerprint density at radius 1 is 1.37 bits per heavy atom. The van der Waals surface area contributed by atoms with Crippen molar-refractivity contribution in [2.75, 3.05) is 26.8 Å². The van der Waals surface area contributed by atoms with Crippen LogP contribution in [0.5, 0.6) is 0 Å². The van der Waals surface area contributed by atoms with Crippen molar-refractivity contribution in [1.82, 2.24) is 14.7 Å². The van der Waals surface area contributed by atoms with Crippen LogP contribution in [-0.4, -0.2) is 41.5 Å². The van der Waals surface area contributed by atoms with Crippen molar-refractivity contribution >= 4 is 15.9 Å². The lowest BCUT2D eigenvalue weighted by Gasteiger charge is -2.31. The van der Waals surface area contributed by atoms with Crippen molar-refractivity contribution in [2.24, 2.45) is 13.0 Å². The molecule has 0 aromatic carbocycles. The summed E-state index contributed by atoms with van der Waals surface area (Å²) in [5.74, 6) is 0.738. The van der Waals surface area contributed by atoms with Crippen molar-refractivity contribution in [1.29, 1.82) is 0 Å². The molecule has 2 rings (SSSR count). The van der Waals surface area contributed by atoms with Gasteiger partial charge in [0, 0.05) is 27.3 Å². The maximum Gasteiger partial charge on any atom is 0.0767 e. The van der Waals surface area contributed by atoms with Gasteiger partial charge in [0.1, 0.15) is 0 Å². The van der Waals surface area contributed by atoms with Gasteiger partial charge in [-0.15, -0.1) is 0 Å². The van der Waals surface area contributed by atoms with Gasteiger partial charge in [-0.05, 0) is 54.2 Å². The van der Waals surface area contributed by atoms with E-state index in [1.807, 2.05) is 11.7 Å². The number of ether oxygens (including phenoxy) is 1. The predicted molar refractivity (Wildman–Crippen MR) is 80.2 cm³/mol. The molecule has 1 aromatic heterocycles. The zero-order chi connectivity index (χ0) is 13.8. The van der Waals surface area contributed by atoms with E-state index < -0.39 is 0 Å². The Hall–Kier alpha value is -0.390. The summed E-state index contributed by atoms with van der Waals surface area (Å²) in [7, 11) is 3.84. The van der Waals surface area contributed by atoms with Gasteiger partial charge >= 0.3 is 0 Å². The summed E-state index contributed by atoms with van der Waals surface area (Å²) in [4.78, 5) is 2.52. The zero-order valence-electron chi connectivity index (χ0n) is 12.2. The van der Waals surface area contributed by atoms with Gasteiger partial charge in [-0.1, -0.05) is 6.92 Å². The first kappa shape index (κ1) is 15.0. The number of hydrogen-bond acceptors (Lipinski definition) is 3. The highest BCUT2D eigenvalue weighted by Crippen LogP contribution is 2.25. The summed E-state index contributed by atoms with van der Waals surface area (Å²) in [6, 6.07) is 0. The number of nitrogens with zero attached hydrogens (tertiary/aromatic N) is 3. The number of halogens is 1. The van der Waals surface area contributed by atoms with Crippen molar-refractivity contribution in [3.8, 4) is 0 Å². The second-order valence-electron chi connectivity index (χ2n) is 5.36. The second kappa shape index (κ2) is 6.86. The predicted octanol–water partition coefficient (Wildman–Crippen LogP) is 2.60. The molecule has 0 unspecified atom stereocenters. The van der Waals surface area contributed by atoms with Crippen LogP contribution in [0.1, 0.15) is 31.2 Å². The van der Waals surface area contributed by atoms with E-state index in [1.165, 1.54) is 23.0 Å². The first-order valence-corrected chi connectivity index (χ1v) is 7.86. The lowest BCUT2D eigenvalue weighted by molar-refractivity contribution is 0.0957. The Morgan fingerprint density at radius 2 is 2.05 bits per heavy atom. The highest BCUT2D eigenvalue weighted by atomic mass is 79.9. The third-order valence-electron chi connectivity index (χ3n) is 3.99. The summed E-state index contributed by atoms with van der Waals surface area (Å²) in [5, 5.41) is 4.56. The Bertz CT molecular complexity index is 411. The molecule has 19 heavy (non-hydrogen) atoms. The Kier molecular flexibility index (Phi) is 5.42. The average molecular weight is 330 g/mol. The monoisotopic (exact) mass is 329 g/mol. The molecule has 1 aliphatic heterocycles. The highest BCUT2D eigenvalue weighted by molar-refractivity contribution is 9.10. The number of likely N-dealkylation sites (tertiary alicyclic amines) is 1. The minimum Gasteiger partial charge on any atom is -0.384 e. The number of piperidine rings is 1. The van der Waals surface area contributed by atoms with Gasteiger partial charge in [-0.2, -0.15) is 5.10 Å². The Balaban J connectivity index is 1.94. The van der Waals surface area contributed by atoms with E-state index in [2.05, 4.69) is 32.9 Å². The van der Waals surface area contributed by atoms with Gasteiger partial charge in [-0.25, -0.2) is 0 Å². The van der Waals surface area contributed by atoms with Crippen LogP contribution in [0.25, 0.3) is 0 Å². The van der Waals surface area contributed by atoms with Crippen LogP contribution in [-0.2, 0) is 24.8 Å². The fourth-order valence-electron chi connectivity index (χ4n) is 2.75. The summed E-state index contributed by atoms with van der Waals surface area (Å²) >= 11 is 3.70. The molecule has 5 heteroatoms. The first-order valence-electron chi connectivity index (χ1n) is 7.07. The van der Waals surface area contributed by atoms with E-state index in [9.17, 15) is 0 Å². The Labute approximate surface area is 124 Å². The molecule has 4 nitrogen and oxygen atoms in total. The molecule has 1 fully saturated rings. The van der Waals surface area contributed by atoms with Crippen LogP contribution >= 0.6 is 15.9 Å². The van der Waals surface area contributed by atoms with E-state index in [0.29, 0.717) is 0 Å². The minimum absolute atomic E-state index is 0.738. The second-order valence-corrected chi connectivity index (χ2v) is 6.15. The van der Waals surface area contributed by atoms with E-state index in [-0.39, 0.29) is 0 Å². The molecule has 1 aromatic rings. The fourth-order valence-corrected chi connectivity index (χ4v) is 3.49. The van der Waals surface area contributed by atoms with Crippen molar-refractivity contribution < 1.29 is 4.74 Å². The minimum atomic E-state index is 0.738. The molecule has 0 saturated carbocycles. The highest BCUT2D eigenvalue weighted by Gasteiger charge is 2.21. The molecular weight excluding hydrogens is 306 g/mol. The fraction of sp³-hybridized carbons (Fsp3) is 0.786. The number of rotatable bonds is 5. The molecule has 0 N–H and O–H groups in total. The smallest absolute Gasteiger partial charge is 0.0767 e. The lowest BCUT2D eigenvalue weighted by Crippen LogP contribution is -2.35. The molecule has 1 saturated heterocycles. The normalized spacial score (nSPS) is 18.1. The standard InChI is InChI=1S/C14H24BrN3O/c1-4-12-14(15)13(17(2)16-12)9-18-7-5-11(6-8-18)10-19-3/h11H,4-10H2,1-3H3. The molecule has 0 atom stereocenters. The van der Waals surface area contributed by atoms with Gasteiger partial charge in [-0.3, -0.25) is 9.58 Å². The number of methoxy groups -OCH3 is 1. The topological polar surface area (TPSA) is 30.3 Å². The van der Waals surface area contributed by atoms with Gasteiger partial charge in [0.05, 0.1) is 15.9 Å². The van der Waals surface area contributed by atoms with Crippen LogP contribution in [0, 0.1) is 5.92 Å². The van der Waals surface area contributed by atoms with E-state index in [4.69, 9.17) is 4.74 Å². The average Bonchev–Trinajstić information content (AvgIpc) is 2.68. The molecule has 0 radical (unpaired) electrons. The molecule has 1 aliphatic rings. The molecule has 2 heterocycles. The third-order valence-corrected chi connectivity index (χ3v) is 4.90. The molecular formula is C14H24BrN3O. The van der Waals surface area contributed by atoms with E-state index in [1.54, 1.807) is 7.11 Å². The van der Waals surface area contributed by atoms with Crippen LogP contribution in [0.3, 0.4) is 0 Å². The van der Waals surface area contributed by atoms with Crippen LogP contribution in [0.4, 0.5) is 0 Å².